The first-order chi connectivity index (χ1) is 11.8. The summed E-state index contributed by atoms with van der Waals surface area (Å²) in [4.78, 5) is 2.47. The van der Waals surface area contributed by atoms with Crippen LogP contribution in [0.15, 0.2) is 33.7 Å². The monoisotopic (exact) mass is 383 g/mol. The van der Waals surface area contributed by atoms with E-state index in [1.807, 2.05) is 24.3 Å². The zero-order valence-electron chi connectivity index (χ0n) is 14.6. The van der Waals surface area contributed by atoms with Crippen LogP contribution in [-0.4, -0.2) is 49.0 Å². The fourth-order valence-electron chi connectivity index (χ4n) is 3.28. The van der Waals surface area contributed by atoms with E-state index in [1.54, 1.807) is 13.8 Å². The summed E-state index contributed by atoms with van der Waals surface area (Å²) in [6.07, 6.45) is 0. The zero-order chi connectivity index (χ0) is 18.2. The van der Waals surface area contributed by atoms with Gasteiger partial charge in [0.05, 0.1) is 0 Å². The van der Waals surface area contributed by atoms with Crippen LogP contribution in [0.1, 0.15) is 30.0 Å². The van der Waals surface area contributed by atoms with Gasteiger partial charge in [-0.05, 0) is 38.5 Å². The van der Waals surface area contributed by atoms with Gasteiger partial charge in [0, 0.05) is 37.2 Å². The van der Waals surface area contributed by atoms with E-state index in [-0.39, 0.29) is 10.9 Å². The van der Waals surface area contributed by atoms with Crippen molar-refractivity contribution in [2.75, 3.05) is 26.2 Å². The van der Waals surface area contributed by atoms with E-state index in [0.29, 0.717) is 42.7 Å². The standard InChI is InChI=1S/C17H22ClN3O3S/c1-12-17(14(3)24-19-12)25(22,23)21-9-7-20(8-10-21)13(2)15-5-4-6-16(18)11-15/h4-6,11,13H,7-10H2,1-3H3. The lowest BCUT2D eigenvalue weighted by molar-refractivity contribution is 0.146. The molecule has 0 N–H and O–H groups in total. The van der Waals surface area contributed by atoms with Crippen molar-refractivity contribution in [2.45, 2.75) is 31.7 Å². The molecule has 0 amide bonds. The molecule has 8 heteroatoms. The minimum absolute atomic E-state index is 0.183. The van der Waals surface area contributed by atoms with Gasteiger partial charge in [-0.3, -0.25) is 4.90 Å². The molecule has 25 heavy (non-hydrogen) atoms. The van der Waals surface area contributed by atoms with Gasteiger partial charge in [0.2, 0.25) is 10.0 Å². The largest absolute Gasteiger partial charge is 0.360 e. The van der Waals surface area contributed by atoms with Gasteiger partial charge in [0.15, 0.2) is 5.76 Å². The van der Waals surface area contributed by atoms with Gasteiger partial charge in [-0.25, -0.2) is 8.42 Å². The second-order valence-electron chi connectivity index (χ2n) is 6.32. The number of halogens is 1. The molecule has 1 aromatic carbocycles. The number of benzene rings is 1. The lowest BCUT2D eigenvalue weighted by Gasteiger charge is -2.37. The Morgan fingerprint density at radius 3 is 2.44 bits per heavy atom. The van der Waals surface area contributed by atoms with Crippen LogP contribution in [-0.2, 0) is 10.0 Å². The highest BCUT2D eigenvalue weighted by Crippen LogP contribution is 2.27. The number of aryl methyl sites for hydroxylation is 2. The quantitative estimate of drug-likeness (QED) is 0.811. The molecule has 1 aromatic heterocycles. The van der Waals surface area contributed by atoms with Gasteiger partial charge in [-0.2, -0.15) is 4.31 Å². The van der Waals surface area contributed by atoms with Crippen molar-refractivity contribution in [3.05, 3.63) is 46.3 Å². The molecule has 1 saturated heterocycles. The number of hydrogen-bond donors (Lipinski definition) is 0. The third-order valence-corrected chi connectivity index (χ3v) is 7.10. The topological polar surface area (TPSA) is 66.7 Å². The van der Waals surface area contributed by atoms with E-state index in [1.165, 1.54) is 4.31 Å². The Labute approximate surface area is 153 Å². The van der Waals surface area contributed by atoms with Crippen LogP contribution in [0, 0.1) is 13.8 Å². The summed E-state index contributed by atoms with van der Waals surface area (Å²) in [6.45, 7) is 7.61. The molecule has 2 aromatic rings. The van der Waals surface area contributed by atoms with Crippen LogP contribution in [0.2, 0.25) is 5.02 Å². The van der Waals surface area contributed by atoms with Crippen LogP contribution in [0.3, 0.4) is 0 Å². The zero-order valence-corrected chi connectivity index (χ0v) is 16.1. The Kier molecular flexibility index (Phi) is 5.20. The molecule has 0 radical (unpaired) electrons. The average molecular weight is 384 g/mol. The average Bonchev–Trinajstić information content (AvgIpc) is 2.93. The highest BCUT2D eigenvalue weighted by atomic mass is 35.5. The van der Waals surface area contributed by atoms with Crippen LogP contribution < -0.4 is 0 Å². The summed E-state index contributed by atoms with van der Waals surface area (Å²) in [5.74, 6) is 0.340. The maximum atomic E-state index is 12.9. The summed E-state index contributed by atoms with van der Waals surface area (Å²) in [6, 6.07) is 7.98. The van der Waals surface area contributed by atoms with E-state index in [0.717, 1.165) is 5.56 Å². The molecule has 3 rings (SSSR count). The lowest BCUT2D eigenvalue weighted by atomic mass is 10.1. The maximum Gasteiger partial charge on any atom is 0.248 e. The van der Waals surface area contributed by atoms with Crippen LogP contribution in [0.4, 0.5) is 0 Å². The maximum absolute atomic E-state index is 12.9. The third kappa shape index (κ3) is 3.60. The molecular weight excluding hydrogens is 362 g/mol. The van der Waals surface area contributed by atoms with Crippen molar-refractivity contribution in [3.8, 4) is 0 Å². The number of piperazine rings is 1. The van der Waals surface area contributed by atoms with Crippen LogP contribution in [0.5, 0.6) is 0 Å². The molecule has 1 aliphatic heterocycles. The van der Waals surface area contributed by atoms with E-state index < -0.39 is 10.0 Å². The van der Waals surface area contributed by atoms with Crippen molar-refractivity contribution in [1.29, 1.82) is 0 Å². The molecule has 1 atom stereocenters. The molecule has 1 unspecified atom stereocenters. The van der Waals surface area contributed by atoms with E-state index in [2.05, 4.69) is 17.0 Å². The number of aromatic nitrogens is 1. The highest BCUT2D eigenvalue weighted by Gasteiger charge is 2.34. The molecular formula is C17H22ClN3O3S. The van der Waals surface area contributed by atoms with Gasteiger partial charge in [0.1, 0.15) is 10.6 Å². The Morgan fingerprint density at radius 1 is 1.20 bits per heavy atom. The van der Waals surface area contributed by atoms with Gasteiger partial charge < -0.3 is 4.52 Å². The SMILES string of the molecule is Cc1noc(C)c1S(=O)(=O)N1CCN(C(C)c2cccc(Cl)c2)CC1. The summed E-state index contributed by atoms with van der Waals surface area (Å²) < 4.78 is 32.3. The van der Waals surface area contributed by atoms with Crippen molar-refractivity contribution in [1.82, 2.24) is 14.4 Å². The second kappa shape index (κ2) is 7.07. The summed E-state index contributed by atoms with van der Waals surface area (Å²) in [5.41, 5.74) is 1.54. The first-order valence-corrected chi connectivity index (χ1v) is 10.0. The summed E-state index contributed by atoms with van der Waals surface area (Å²) >= 11 is 6.08. The molecule has 0 spiro atoms. The van der Waals surface area contributed by atoms with Gasteiger partial charge in [0.25, 0.3) is 0 Å². The predicted molar refractivity (Wildman–Crippen MR) is 96.2 cm³/mol. The Morgan fingerprint density at radius 2 is 1.88 bits per heavy atom. The molecule has 0 bridgehead atoms. The van der Waals surface area contributed by atoms with Crippen molar-refractivity contribution in [2.24, 2.45) is 0 Å². The van der Waals surface area contributed by atoms with Crippen molar-refractivity contribution in [3.63, 3.8) is 0 Å². The Bertz CT molecular complexity index is 838. The second-order valence-corrected chi connectivity index (χ2v) is 8.64. The van der Waals surface area contributed by atoms with E-state index in [4.69, 9.17) is 16.1 Å². The van der Waals surface area contributed by atoms with Crippen LogP contribution in [0.25, 0.3) is 0 Å². The van der Waals surface area contributed by atoms with Gasteiger partial charge in [-0.15, -0.1) is 0 Å². The van der Waals surface area contributed by atoms with Crippen molar-refractivity contribution >= 4 is 21.6 Å². The first-order valence-electron chi connectivity index (χ1n) is 8.23. The number of nitrogens with zero attached hydrogens (tertiary/aromatic N) is 3. The highest BCUT2D eigenvalue weighted by molar-refractivity contribution is 7.89. The fraction of sp³-hybridized carbons (Fsp3) is 0.471. The molecule has 6 nitrogen and oxygen atoms in total. The predicted octanol–water partition coefficient (Wildman–Crippen LogP) is 3.01. The van der Waals surface area contributed by atoms with E-state index in [9.17, 15) is 8.42 Å². The molecule has 0 saturated carbocycles. The molecule has 2 heterocycles. The van der Waals surface area contributed by atoms with Gasteiger partial charge in [-0.1, -0.05) is 28.9 Å². The smallest absolute Gasteiger partial charge is 0.248 e. The number of rotatable bonds is 4. The Balaban J connectivity index is 1.71. The minimum Gasteiger partial charge on any atom is -0.360 e. The first kappa shape index (κ1) is 18.4. The van der Waals surface area contributed by atoms with E-state index >= 15 is 0 Å². The fourth-order valence-corrected chi connectivity index (χ4v) is 5.19. The normalized spacial score (nSPS) is 18.4. The molecule has 136 valence electrons. The van der Waals surface area contributed by atoms with Gasteiger partial charge >= 0.3 is 0 Å². The minimum atomic E-state index is -3.57. The summed E-state index contributed by atoms with van der Waals surface area (Å²) in [7, 11) is -3.57. The van der Waals surface area contributed by atoms with Crippen molar-refractivity contribution < 1.29 is 12.9 Å². The molecule has 0 aliphatic carbocycles. The Hall–Kier alpha value is -1.41. The number of hydrogen-bond acceptors (Lipinski definition) is 5. The number of sulfonamides is 1. The molecule has 1 fully saturated rings. The summed E-state index contributed by atoms with van der Waals surface area (Å²) in [5, 5.41) is 4.48. The third-order valence-electron chi connectivity index (χ3n) is 4.72. The van der Waals surface area contributed by atoms with Crippen LogP contribution >= 0.6 is 11.6 Å². The molecule has 1 aliphatic rings. The lowest BCUT2D eigenvalue weighted by Crippen LogP contribution is -2.49.